The molecule has 0 aliphatic carbocycles. The molecule has 0 spiro atoms. The van der Waals surface area contributed by atoms with Crippen LogP contribution in [0.5, 0.6) is 5.75 Å². The van der Waals surface area contributed by atoms with Gasteiger partial charge in [-0.15, -0.1) is 0 Å². The Hall–Kier alpha value is -2.34. The van der Waals surface area contributed by atoms with Crippen molar-refractivity contribution >= 4 is 5.91 Å². The third kappa shape index (κ3) is 3.41. The standard InChI is InChI=1S/C22H28N4O2/c27-22(23-14-17-4-3-10-26-9-2-1-5-20(17)26)19-13-18(24-25-19)15-6-7-21-16(12-15)8-11-28-21/h6-7,12-13,17,20H,1-5,8-11,14H2,(H,23,27)(H,24,25)/t17-,20-/m1/s1. The molecule has 1 aromatic carbocycles. The number of hydrogen-bond donors (Lipinski definition) is 2. The van der Waals surface area contributed by atoms with Gasteiger partial charge in [0.2, 0.25) is 0 Å². The predicted molar refractivity (Wildman–Crippen MR) is 107 cm³/mol. The Kier molecular flexibility index (Phi) is 4.81. The highest BCUT2D eigenvalue weighted by molar-refractivity contribution is 5.93. The van der Waals surface area contributed by atoms with E-state index < -0.39 is 0 Å². The summed E-state index contributed by atoms with van der Waals surface area (Å²) >= 11 is 0. The lowest BCUT2D eigenvalue weighted by Crippen LogP contribution is -2.51. The van der Waals surface area contributed by atoms with Gasteiger partial charge in [-0.2, -0.15) is 5.10 Å². The highest BCUT2D eigenvalue weighted by Crippen LogP contribution is 2.31. The monoisotopic (exact) mass is 380 g/mol. The normalized spacial score (nSPS) is 24.3. The molecular formula is C22H28N4O2. The second-order valence-electron chi connectivity index (χ2n) is 8.30. The van der Waals surface area contributed by atoms with Gasteiger partial charge in [0, 0.05) is 24.6 Å². The van der Waals surface area contributed by atoms with Crippen molar-refractivity contribution in [3.63, 3.8) is 0 Å². The third-order valence-electron chi connectivity index (χ3n) is 6.56. The van der Waals surface area contributed by atoms with Crippen LogP contribution in [0.25, 0.3) is 11.3 Å². The summed E-state index contributed by atoms with van der Waals surface area (Å²) in [6.45, 7) is 3.95. The summed E-state index contributed by atoms with van der Waals surface area (Å²) in [7, 11) is 0. The van der Waals surface area contributed by atoms with Crippen LogP contribution in [0.4, 0.5) is 0 Å². The summed E-state index contributed by atoms with van der Waals surface area (Å²) in [5, 5.41) is 10.4. The summed E-state index contributed by atoms with van der Waals surface area (Å²) in [4.78, 5) is 15.3. The molecule has 1 aromatic heterocycles. The third-order valence-corrected chi connectivity index (χ3v) is 6.56. The number of nitrogens with one attached hydrogen (secondary N) is 2. The largest absolute Gasteiger partial charge is 0.493 e. The maximum absolute atomic E-state index is 12.7. The number of nitrogens with zero attached hydrogens (tertiary/aromatic N) is 2. The van der Waals surface area contributed by atoms with Crippen LogP contribution in [0, 0.1) is 5.92 Å². The molecule has 2 fully saturated rings. The Morgan fingerprint density at radius 3 is 3.11 bits per heavy atom. The van der Waals surface area contributed by atoms with E-state index in [1.165, 1.54) is 50.8 Å². The Labute approximate surface area is 165 Å². The number of H-pyrrole nitrogens is 1. The van der Waals surface area contributed by atoms with Crippen LogP contribution in [0.15, 0.2) is 24.3 Å². The second-order valence-corrected chi connectivity index (χ2v) is 8.30. The Morgan fingerprint density at radius 1 is 1.21 bits per heavy atom. The van der Waals surface area contributed by atoms with Crippen LogP contribution >= 0.6 is 0 Å². The maximum Gasteiger partial charge on any atom is 0.269 e. The molecule has 2 atom stereocenters. The average molecular weight is 380 g/mol. The highest BCUT2D eigenvalue weighted by atomic mass is 16.5. The van der Waals surface area contributed by atoms with Gasteiger partial charge in [-0.3, -0.25) is 9.89 Å². The number of ether oxygens (including phenoxy) is 1. The van der Waals surface area contributed by atoms with Crippen LogP contribution in [0.1, 0.15) is 48.2 Å². The van der Waals surface area contributed by atoms with Gasteiger partial charge in [-0.25, -0.2) is 0 Å². The predicted octanol–water partition coefficient (Wildman–Crippen LogP) is 3.01. The molecule has 0 radical (unpaired) electrons. The molecule has 4 heterocycles. The molecule has 5 rings (SSSR count). The zero-order valence-corrected chi connectivity index (χ0v) is 16.2. The van der Waals surface area contributed by atoms with Crippen molar-refractivity contribution in [3.8, 4) is 17.0 Å². The number of aromatic amines is 1. The lowest BCUT2D eigenvalue weighted by Gasteiger charge is -2.44. The van der Waals surface area contributed by atoms with Gasteiger partial charge >= 0.3 is 0 Å². The quantitative estimate of drug-likeness (QED) is 0.855. The zero-order chi connectivity index (χ0) is 18.9. The summed E-state index contributed by atoms with van der Waals surface area (Å²) in [5.41, 5.74) is 3.56. The first-order valence-electron chi connectivity index (χ1n) is 10.6. The van der Waals surface area contributed by atoms with Gasteiger partial charge in [0.25, 0.3) is 5.91 Å². The van der Waals surface area contributed by atoms with E-state index in [1.807, 2.05) is 18.2 Å². The molecule has 1 amide bonds. The minimum Gasteiger partial charge on any atom is -0.493 e. The lowest BCUT2D eigenvalue weighted by molar-refractivity contribution is 0.0575. The van der Waals surface area contributed by atoms with Crippen LogP contribution in [0.3, 0.4) is 0 Å². The molecule has 6 heteroatoms. The van der Waals surface area contributed by atoms with Gasteiger partial charge < -0.3 is 15.0 Å². The Morgan fingerprint density at radius 2 is 2.14 bits per heavy atom. The number of amides is 1. The molecule has 2 saturated heterocycles. The van der Waals surface area contributed by atoms with Crippen molar-refractivity contribution in [1.29, 1.82) is 0 Å². The summed E-state index contributed by atoms with van der Waals surface area (Å²) in [6.07, 6.45) is 7.31. The first kappa shape index (κ1) is 17.7. The summed E-state index contributed by atoms with van der Waals surface area (Å²) < 4.78 is 5.56. The molecule has 0 bridgehead atoms. The van der Waals surface area contributed by atoms with Crippen LogP contribution < -0.4 is 10.1 Å². The van der Waals surface area contributed by atoms with Crippen molar-refractivity contribution in [3.05, 3.63) is 35.5 Å². The van der Waals surface area contributed by atoms with Crippen molar-refractivity contribution in [2.45, 2.75) is 44.6 Å². The molecule has 2 aromatic rings. The van der Waals surface area contributed by atoms with E-state index in [1.54, 1.807) is 0 Å². The molecule has 0 unspecified atom stereocenters. The molecule has 3 aliphatic heterocycles. The van der Waals surface area contributed by atoms with E-state index in [-0.39, 0.29) is 5.91 Å². The fourth-order valence-corrected chi connectivity index (χ4v) is 5.07. The summed E-state index contributed by atoms with van der Waals surface area (Å²) in [6, 6.07) is 8.60. The topological polar surface area (TPSA) is 70.2 Å². The number of carbonyl (C=O) groups excluding carboxylic acids is 1. The molecule has 0 saturated carbocycles. The van der Waals surface area contributed by atoms with E-state index in [4.69, 9.17) is 4.74 Å². The molecule has 148 valence electrons. The fraction of sp³-hybridized carbons (Fsp3) is 0.545. The van der Waals surface area contributed by atoms with Crippen LogP contribution in [-0.2, 0) is 6.42 Å². The number of benzene rings is 1. The van der Waals surface area contributed by atoms with Gasteiger partial charge in [0.1, 0.15) is 11.4 Å². The SMILES string of the molecule is O=C(NC[C@H]1CCCN2CCCC[C@H]12)c1cc(-c2ccc3c(c2)CCO3)n[nH]1. The maximum atomic E-state index is 12.7. The highest BCUT2D eigenvalue weighted by Gasteiger charge is 2.33. The zero-order valence-electron chi connectivity index (χ0n) is 16.2. The minimum absolute atomic E-state index is 0.0591. The molecule has 2 N–H and O–H groups in total. The molecular weight excluding hydrogens is 352 g/mol. The first-order chi connectivity index (χ1) is 13.8. The van der Waals surface area contributed by atoms with Gasteiger partial charge in [-0.05, 0) is 74.5 Å². The molecule has 6 nitrogen and oxygen atoms in total. The van der Waals surface area contributed by atoms with Gasteiger partial charge in [0.15, 0.2) is 0 Å². The minimum atomic E-state index is -0.0591. The summed E-state index contributed by atoms with van der Waals surface area (Å²) in [5.74, 6) is 1.47. The van der Waals surface area contributed by atoms with Crippen molar-refractivity contribution in [1.82, 2.24) is 20.4 Å². The van der Waals surface area contributed by atoms with Crippen molar-refractivity contribution in [2.24, 2.45) is 5.92 Å². The van der Waals surface area contributed by atoms with Crippen LogP contribution in [0.2, 0.25) is 0 Å². The average Bonchev–Trinajstić information content (AvgIpc) is 3.41. The van der Waals surface area contributed by atoms with E-state index >= 15 is 0 Å². The Bertz CT molecular complexity index is 860. The number of aromatic nitrogens is 2. The van der Waals surface area contributed by atoms with Crippen molar-refractivity contribution in [2.75, 3.05) is 26.2 Å². The number of piperidine rings is 2. The van der Waals surface area contributed by atoms with Crippen molar-refractivity contribution < 1.29 is 9.53 Å². The fourth-order valence-electron chi connectivity index (χ4n) is 5.07. The van der Waals surface area contributed by atoms with Gasteiger partial charge in [0.05, 0.1) is 12.3 Å². The second kappa shape index (κ2) is 7.59. The number of fused-ring (bicyclic) bond motifs is 2. The lowest BCUT2D eigenvalue weighted by atomic mass is 9.83. The molecule has 3 aliphatic rings. The van der Waals surface area contributed by atoms with Gasteiger partial charge in [-0.1, -0.05) is 6.42 Å². The Balaban J connectivity index is 1.23. The van der Waals surface area contributed by atoms with Crippen LogP contribution in [-0.4, -0.2) is 53.3 Å². The van der Waals surface area contributed by atoms with E-state index in [0.29, 0.717) is 17.7 Å². The van der Waals surface area contributed by atoms with E-state index in [0.717, 1.165) is 36.6 Å². The molecule has 28 heavy (non-hydrogen) atoms. The number of rotatable bonds is 4. The smallest absolute Gasteiger partial charge is 0.269 e. The number of hydrogen-bond acceptors (Lipinski definition) is 4. The van der Waals surface area contributed by atoms with E-state index in [2.05, 4.69) is 26.5 Å². The van der Waals surface area contributed by atoms with E-state index in [9.17, 15) is 4.79 Å². The number of carbonyl (C=O) groups is 1. The first-order valence-corrected chi connectivity index (χ1v) is 10.6.